The van der Waals surface area contributed by atoms with Gasteiger partial charge in [0.25, 0.3) is 0 Å². The largest absolute Gasteiger partial charge is 0.423 e. The van der Waals surface area contributed by atoms with Gasteiger partial charge in [-0.05, 0) is 66.6 Å². The van der Waals surface area contributed by atoms with E-state index < -0.39 is 17.6 Å². The average molecular weight is 348 g/mol. The van der Waals surface area contributed by atoms with E-state index in [0.29, 0.717) is 5.92 Å². The minimum Gasteiger partial charge on any atom is -0.423 e. The van der Waals surface area contributed by atoms with Crippen LogP contribution in [-0.2, 0) is 0 Å². The van der Waals surface area contributed by atoms with E-state index >= 15 is 0 Å². The lowest BCUT2D eigenvalue weighted by molar-refractivity contribution is 0.0729. The highest BCUT2D eigenvalue weighted by atomic mass is 19.1. The molecular weight excluding hydrogens is 322 g/mol. The molecule has 0 saturated heterocycles. The lowest BCUT2D eigenvalue weighted by Crippen LogP contribution is -2.13. The van der Waals surface area contributed by atoms with Gasteiger partial charge >= 0.3 is 5.97 Å². The molecule has 25 heavy (non-hydrogen) atoms. The molecule has 0 unspecified atom stereocenters. The number of rotatable bonds is 3. The summed E-state index contributed by atoms with van der Waals surface area (Å²) in [5.41, 5.74) is 0.838. The first-order valence-electron chi connectivity index (χ1n) is 8.30. The molecule has 2 aromatic carbocycles. The lowest BCUT2D eigenvalue weighted by atomic mass is 9.79. The van der Waals surface area contributed by atoms with Gasteiger partial charge in [-0.2, -0.15) is 0 Å². The van der Waals surface area contributed by atoms with Crippen LogP contribution in [0.25, 0.3) is 0 Å². The van der Waals surface area contributed by atoms with Crippen molar-refractivity contribution in [1.82, 2.24) is 0 Å². The van der Waals surface area contributed by atoms with Crippen LogP contribution in [-0.4, -0.2) is 5.97 Å². The van der Waals surface area contributed by atoms with Gasteiger partial charge in [-0.1, -0.05) is 33.3 Å². The van der Waals surface area contributed by atoms with E-state index in [9.17, 15) is 13.6 Å². The zero-order valence-electron chi connectivity index (χ0n) is 13.6. The van der Waals surface area contributed by atoms with Gasteiger partial charge in [0.1, 0.15) is 17.4 Å². The predicted octanol–water partition coefficient (Wildman–Crippen LogP) is 6.36. The number of hydrogen-bond acceptors (Lipinski definition) is 2. The average Bonchev–Trinajstić information content (AvgIpc) is 2.57. The molecule has 0 radical (unpaired) electrons. The first-order valence-corrected chi connectivity index (χ1v) is 8.30. The van der Waals surface area contributed by atoms with Crippen molar-refractivity contribution in [3.8, 4) is 5.75 Å². The fraction of sp³-hybridized carbons (Fsp3) is 0.381. The van der Waals surface area contributed by atoms with Gasteiger partial charge in [-0.15, -0.1) is 0 Å². The van der Waals surface area contributed by atoms with Gasteiger partial charge in [-0.25, -0.2) is 13.6 Å². The van der Waals surface area contributed by atoms with E-state index in [1.165, 1.54) is 36.4 Å². The summed E-state index contributed by atoms with van der Waals surface area (Å²) in [5, 5.41) is 0. The Morgan fingerprint density at radius 2 is 1.68 bits per heavy atom. The van der Waals surface area contributed by atoms with Crippen LogP contribution in [0.4, 0.5) is 8.78 Å². The minimum atomic E-state index is -0.775. The number of carbonyl (C=O) groups excluding carboxylic acids is 1. The van der Waals surface area contributed by atoms with E-state index in [-0.39, 0.29) is 20.2 Å². The topological polar surface area (TPSA) is 26.3 Å². The van der Waals surface area contributed by atoms with Crippen molar-refractivity contribution in [3.05, 3.63) is 65.2 Å². The number of benzene rings is 2. The van der Waals surface area contributed by atoms with Gasteiger partial charge in [-0.3, -0.25) is 0 Å². The summed E-state index contributed by atoms with van der Waals surface area (Å²) in [4.78, 5) is 12.1. The van der Waals surface area contributed by atoms with E-state index in [4.69, 9.17) is 4.74 Å². The van der Waals surface area contributed by atoms with Crippen LogP contribution >= 0.6 is 0 Å². The Kier molecular flexibility index (Phi) is 6.29. The number of carbonyl (C=O) groups is 1. The lowest BCUT2D eigenvalue weighted by Gasteiger charge is -2.26. The van der Waals surface area contributed by atoms with Crippen molar-refractivity contribution in [3.63, 3.8) is 0 Å². The molecule has 136 valence electrons. The van der Waals surface area contributed by atoms with Crippen LogP contribution in [0.2, 0.25) is 0 Å². The molecule has 1 fully saturated rings. The molecule has 0 bridgehead atoms. The second kappa shape index (κ2) is 8.24. The van der Waals surface area contributed by atoms with Crippen LogP contribution in [0.15, 0.2) is 42.5 Å². The maximum atomic E-state index is 14.3. The van der Waals surface area contributed by atoms with Gasteiger partial charge in [0.2, 0.25) is 0 Å². The third-order valence-electron chi connectivity index (χ3n) is 4.72. The first-order chi connectivity index (χ1) is 11.5. The molecule has 0 aromatic heterocycles. The van der Waals surface area contributed by atoms with Crippen molar-refractivity contribution in [2.75, 3.05) is 0 Å². The molecular formula is C21H26F2O2. The summed E-state index contributed by atoms with van der Waals surface area (Å²) in [6.45, 7) is 2.24. The van der Waals surface area contributed by atoms with E-state index in [0.717, 1.165) is 37.2 Å². The quantitative estimate of drug-likeness (QED) is 0.476. The summed E-state index contributed by atoms with van der Waals surface area (Å²) in [6, 6.07) is 9.78. The molecule has 0 N–H and O–H groups in total. The summed E-state index contributed by atoms with van der Waals surface area (Å²) in [7, 11) is 0. The van der Waals surface area contributed by atoms with Crippen LogP contribution in [0.3, 0.4) is 0 Å². The molecule has 0 aliphatic heterocycles. The maximum absolute atomic E-state index is 14.3. The van der Waals surface area contributed by atoms with Gasteiger partial charge < -0.3 is 4.74 Å². The predicted molar refractivity (Wildman–Crippen MR) is 97.0 cm³/mol. The summed E-state index contributed by atoms with van der Waals surface area (Å²) >= 11 is 0. The van der Waals surface area contributed by atoms with E-state index in [1.54, 1.807) is 0 Å². The van der Waals surface area contributed by atoms with E-state index in [1.807, 2.05) is 6.07 Å². The molecule has 0 atom stereocenters. The Morgan fingerprint density at radius 1 is 1.04 bits per heavy atom. The first kappa shape index (κ1) is 19.1. The monoisotopic (exact) mass is 348 g/mol. The van der Waals surface area contributed by atoms with Crippen molar-refractivity contribution in [2.45, 2.75) is 46.0 Å². The molecule has 0 amide bonds. The Hall–Kier alpha value is -2.23. The second-order valence-corrected chi connectivity index (χ2v) is 6.54. The number of hydrogen-bond donors (Lipinski definition) is 0. The molecule has 4 heteroatoms. The minimum absolute atomic E-state index is 0. The molecule has 0 spiro atoms. The van der Waals surface area contributed by atoms with Crippen LogP contribution in [0.1, 0.15) is 63.3 Å². The normalized spacial score (nSPS) is 19.8. The molecule has 0 heterocycles. The van der Waals surface area contributed by atoms with Crippen molar-refractivity contribution >= 4 is 5.97 Å². The standard InChI is InChI=1S/C20H20F2O2.CH4.H2/c1-13-2-4-14(5-3-13)15-6-11-18(19(22)12-15)20(23)24-17-9-7-16(21)8-10-17;;/h6-14H,2-5H2,1H3;1H4;1H. The fourth-order valence-electron chi connectivity index (χ4n) is 3.21. The fourth-order valence-corrected chi connectivity index (χ4v) is 3.21. The maximum Gasteiger partial charge on any atom is 0.346 e. The van der Waals surface area contributed by atoms with Crippen molar-refractivity contribution < 1.29 is 19.7 Å². The van der Waals surface area contributed by atoms with Gasteiger partial charge in [0, 0.05) is 1.43 Å². The Labute approximate surface area is 149 Å². The third kappa shape index (κ3) is 4.65. The summed E-state index contributed by atoms with van der Waals surface area (Å²) < 4.78 is 32.3. The van der Waals surface area contributed by atoms with Crippen LogP contribution in [0, 0.1) is 17.6 Å². The SMILES string of the molecule is C.CC1CCC(c2ccc(C(=O)Oc3ccc(F)cc3)c(F)c2)CC1.[HH]. The zero-order valence-corrected chi connectivity index (χ0v) is 13.6. The van der Waals surface area contributed by atoms with Crippen molar-refractivity contribution in [1.29, 1.82) is 0 Å². The highest BCUT2D eigenvalue weighted by Gasteiger charge is 2.22. The highest BCUT2D eigenvalue weighted by molar-refractivity contribution is 5.91. The Morgan fingerprint density at radius 3 is 2.28 bits per heavy atom. The summed E-state index contributed by atoms with van der Waals surface area (Å²) in [6.07, 6.45) is 4.42. The van der Waals surface area contributed by atoms with Gasteiger partial charge in [0.05, 0.1) is 5.56 Å². The van der Waals surface area contributed by atoms with Gasteiger partial charge in [0.15, 0.2) is 0 Å². The molecule has 2 nitrogen and oxygen atoms in total. The zero-order chi connectivity index (χ0) is 17.1. The molecule has 1 aliphatic carbocycles. The summed E-state index contributed by atoms with van der Waals surface area (Å²) in [5.74, 6) is -0.492. The second-order valence-electron chi connectivity index (χ2n) is 6.54. The molecule has 2 aromatic rings. The molecule has 3 rings (SSSR count). The Bertz CT molecular complexity index is 723. The Balaban J connectivity index is 0.00000169. The van der Waals surface area contributed by atoms with Crippen molar-refractivity contribution in [2.24, 2.45) is 5.92 Å². The number of ether oxygens (including phenoxy) is 1. The van der Waals surface area contributed by atoms with E-state index in [2.05, 4.69) is 6.92 Å². The van der Waals surface area contributed by atoms with Crippen LogP contribution in [0.5, 0.6) is 5.75 Å². The third-order valence-corrected chi connectivity index (χ3v) is 4.72. The smallest absolute Gasteiger partial charge is 0.346 e. The number of esters is 1. The molecule has 1 aliphatic rings. The van der Waals surface area contributed by atoms with Crippen LogP contribution < -0.4 is 4.74 Å². The molecule has 1 saturated carbocycles. The highest BCUT2D eigenvalue weighted by Crippen LogP contribution is 2.36. The number of halogens is 2.